The number of ether oxygens (including phenoxy) is 2. The van der Waals surface area contributed by atoms with E-state index in [1.54, 1.807) is 30.3 Å². The van der Waals surface area contributed by atoms with E-state index in [1.165, 1.54) is 13.4 Å². The number of furan rings is 1. The van der Waals surface area contributed by atoms with Gasteiger partial charge in [0.05, 0.1) is 19.1 Å². The number of methoxy groups -OCH3 is 1. The molecule has 2 N–H and O–H groups in total. The highest BCUT2D eigenvalue weighted by Gasteiger charge is 2.14. The van der Waals surface area contributed by atoms with E-state index >= 15 is 0 Å². The molecule has 150 valence electrons. The van der Waals surface area contributed by atoms with Crippen molar-refractivity contribution < 1.29 is 23.5 Å². The number of aryl methyl sites for hydroxylation is 1. The van der Waals surface area contributed by atoms with Crippen LogP contribution in [-0.4, -0.2) is 25.5 Å². The summed E-state index contributed by atoms with van der Waals surface area (Å²) < 4.78 is 16.0. The monoisotopic (exact) mass is 394 g/mol. The minimum absolute atomic E-state index is 0.135. The molecule has 0 atom stereocenters. The van der Waals surface area contributed by atoms with Crippen LogP contribution in [0.2, 0.25) is 0 Å². The van der Waals surface area contributed by atoms with E-state index < -0.39 is 5.91 Å². The van der Waals surface area contributed by atoms with Gasteiger partial charge in [-0.1, -0.05) is 12.1 Å². The van der Waals surface area contributed by atoms with Crippen LogP contribution in [0.5, 0.6) is 11.5 Å². The minimum Gasteiger partial charge on any atom is -0.495 e. The maximum absolute atomic E-state index is 12.3. The van der Waals surface area contributed by atoms with Crippen molar-refractivity contribution >= 4 is 23.2 Å². The van der Waals surface area contributed by atoms with Crippen molar-refractivity contribution in [3.8, 4) is 11.5 Å². The van der Waals surface area contributed by atoms with E-state index in [2.05, 4.69) is 10.6 Å². The van der Waals surface area contributed by atoms with Crippen molar-refractivity contribution in [3.05, 3.63) is 71.7 Å². The lowest BCUT2D eigenvalue weighted by molar-refractivity contribution is -0.118. The SMILES string of the molecule is COc1ccc(NC(=O)COc2cccc(C)c2C)cc1NC(=O)c1ccco1. The Morgan fingerprint density at radius 3 is 2.55 bits per heavy atom. The Bertz CT molecular complexity index is 1010. The number of hydrogen-bond donors (Lipinski definition) is 2. The molecule has 2 amide bonds. The van der Waals surface area contributed by atoms with Gasteiger partial charge in [0.15, 0.2) is 12.4 Å². The van der Waals surface area contributed by atoms with Crippen molar-refractivity contribution in [3.63, 3.8) is 0 Å². The zero-order chi connectivity index (χ0) is 20.8. The summed E-state index contributed by atoms with van der Waals surface area (Å²) in [7, 11) is 1.49. The molecule has 0 aliphatic rings. The number of nitrogens with one attached hydrogen (secondary N) is 2. The number of rotatable bonds is 7. The summed E-state index contributed by atoms with van der Waals surface area (Å²) in [4.78, 5) is 24.5. The smallest absolute Gasteiger partial charge is 0.291 e. The fraction of sp³-hybridized carbons (Fsp3) is 0.182. The molecule has 0 aliphatic carbocycles. The van der Waals surface area contributed by atoms with Gasteiger partial charge in [-0.05, 0) is 61.4 Å². The van der Waals surface area contributed by atoms with Crippen LogP contribution in [0.1, 0.15) is 21.7 Å². The second-order valence-electron chi connectivity index (χ2n) is 6.38. The molecule has 2 aromatic carbocycles. The first kappa shape index (κ1) is 20.0. The van der Waals surface area contributed by atoms with Crippen molar-refractivity contribution in [2.45, 2.75) is 13.8 Å². The van der Waals surface area contributed by atoms with Crippen LogP contribution in [0.4, 0.5) is 11.4 Å². The summed E-state index contributed by atoms with van der Waals surface area (Å²) in [6.45, 7) is 3.79. The van der Waals surface area contributed by atoms with Crippen LogP contribution in [0.25, 0.3) is 0 Å². The van der Waals surface area contributed by atoms with Gasteiger partial charge in [-0.2, -0.15) is 0 Å². The van der Waals surface area contributed by atoms with Crippen LogP contribution in [0.3, 0.4) is 0 Å². The van der Waals surface area contributed by atoms with Gasteiger partial charge in [-0.3, -0.25) is 9.59 Å². The maximum Gasteiger partial charge on any atom is 0.291 e. The molecule has 3 rings (SSSR count). The average Bonchev–Trinajstić information content (AvgIpc) is 3.24. The van der Waals surface area contributed by atoms with Gasteiger partial charge in [0.1, 0.15) is 11.5 Å². The first-order valence-electron chi connectivity index (χ1n) is 8.99. The number of amides is 2. The van der Waals surface area contributed by atoms with Crippen LogP contribution in [0.15, 0.2) is 59.2 Å². The Hall–Kier alpha value is -3.74. The van der Waals surface area contributed by atoms with Crippen molar-refractivity contribution in [1.82, 2.24) is 0 Å². The predicted molar refractivity (Wildman–Crippen MR) is 110 cm³/mol. The second kappa shape index (κ2) is 8.97. The molecule has 0 radical (unpaired) electrons. The third-order valence-corrected chi connectivity index (χ3v) is 4.39. The fourth-order valence-corrected chi connectivity index (χ4v) is 2.70. The van der Waals surface area contributed by atoms with Gasteiger partial charge >= 0.3 is 0 Å². The first-order valence-corrected chi connectivity index (χ1v) is 8.99. The molecular formula is C22H22N2O5. The highest BCUT2D eigenvalue weighted by molar-refractivity contribution is 6.03. The fourth-order valence-electron chi connectivity index (χ4n) is 2.70. The summed E-state index contributed by atoms with van der Waals surface area (Å²) in [5.41, 5.74) is 2.99. The first-order chi connectivity index (χ1) is 14.0. The Kier molecular flexibility index (Phi) is 6.19. The summed E-state index contributed by atoms with van der Waals surface area (Å²) in [5.74, 6) is 0.550. The molecule has 0 aliphatic heterocycles. The molecule has 1 heterocycles. The average molecular weight is 394 g/mol. The Morgan fingerprint density at radius 2 is 1.83 bits per heavy atom. The maximum atomic E-state index is 12.3. The molecule has 7 nitrogen and oxygen atoms in total. The molecule has 1 aromatic heterocycles. The van der Waals surface area contributed by atoms with Crippen molar-refractivity contribution in [2.75, 3.05) is 24.4 Å². The molecule has 0 fully saturated rings. The van der Waals surface area contributed by atoms with Crippen molar-refractivity contribution in [1.29, 1.82) is 0 Å². The molecule has 0 unspecified atom stereocenters. The number of benzene rings is 2. The van der Waals surface area contributed by atoms with Gasteiger partial charge in [0.2, 0.25) is 0 Å². The van der Waals surface area contributed by atoms with Gasteiger partial charge in [-0.25, -0.2) is 0 Å². The topological polar surface area (TPSA) is 89.8 Å². The Labute approximate surface area is 168 Å². The summed E-state index contributed by atoms with van der Waals surface area (Å²) in [6.07, 6.45) is 1.42. The summed E-state index contributed by atoms with van der Waals surface area (Å²) in [6, 6.07) is 13.8. The number of carbonyl (C=O) groups excluding carboxylic acids is 2. The van der Waals surface area contributed by atoms with E-state index in [-0.39, 0.29) is 18.3 Å². The number of anilines is 2. The zero-order valence-corrected chi connectivity index (χ0v) is 16.4. The number of hydrogen-bond acceptors (Lipinski definition) is 5. The van der Waals surface area contributed by atoms with E-state index in [4.69, 9.17) is 13.9 Å². The van der Waals surface area contributed by atoms with E-state index in [1.807, 2.05) is 32.0 Å². The van der Waals surface area contributed by atoms with Gasteiger partial charge < -0.3 is 24.5 Å². The van der Waals surface area contributed by atoms with Gasteiger partial charge in [-0.15, -0.1) is 0 Å². The standard InChI is InChI=1S/C22H22N2O5/c1-14-6-4-7-18(15(14)2)29-13-21(25)23-16-9-10-19(27-3)17(12-16)24-22(26)20-8-5-11-28-20/h4-12H,13H2,1-3H3,(H,23,25)(H,24,26). The largest absolute Gasteiger partial charge is 0.495 e. The van der Waals surface area contributed by atoms with E-state index in [9.17, 15) is 9.59 Å². The predicted octanol–water partition coefficient (Wildman–Crippen LogP) is 4.17. The molecule has 0 saturated heterocycles. The van der Waals surface area contributed by atoms with Crippen LogP contribution < -0.4 is 20.1 Å². The number of carbonyl (C=O) groups is 2. The third kappa shape index (κ3) is 4.95. The molecular weight excluding hydrogens is 372 g/mol. The molecule has 0 bridgehead atoms. The van der Waals surface area contributed by atoms with Crippen LogP contribution in [0, 0.1) is 13.8 Å². The Balaban J connectivity index is 1.66. The lowest BCUT2D eigenvalue weighted by Crippen LogP contribution is -2.20. The Morgan fingerprint density at radius 1 is 1.00 bits per heavy atom. The quantitative estimate of drug-likeness (QED) is 0.628. The molecule has 3 aromatic rings. The zero-order valence-electron chi connectivity index (χ0n) is 16.4. The second-order valence-corrected chi connectivity index (χ2v) is 6.38. The molecule has 29 heavy (non-hydrogen) atoms. The van der Waals surface area contributed by atoms with Gasteiger partial charge in [0.25, 0.3) is 11.8 Å². The highest BCUT2D eigenvalue weighted by Crippen LogP contribution is 2.28. The van der Waals surface area contributed by atoms with Crippen LogP contribution >= 0.6 is 0 Å². The third-order valence-electron chi connectivity index (χ3n) is 4.39. The molecule has 0 spiro atoms. The lowest BCUT2D eigenvalue weighted by atomic mass is 10.1. The van der Waals surface area contributed by atoms with Crippen LogP contribution in [-0.2, 0) is 4.79 Å². The molecule has 7 heteroatoms. The van der Waals surface area contributed by atoms with Crippen molar-refractivity contribution in [2.24, 2.45) is 0 Å². The van der Waals surface area contributed by atoms with E-state index in [0.717, 1.165) is 11.1 Å². The minimum atomic E-state index is -0.421. The lowest BCUT2D eigenvalue weighted by Gasteiger charge is -2.13. The summed E-state index contributed by atoms with van der Waals surface area (Å²) >= 11 is 0. The normalized spacial score (nSPS) is 10.3. The highest BCUT2D eigenvalue weighted by atomic mass is 16.5. The van der Waals surface area contributed by atoms with Gasteiger partial charge in [0, 0.05) is 5.69 Å². The van der Waals surface area contributed by atoms with E-state index in [0.29, 0.717) is 22.9 Å². The summed E-state index contributed by atoms with van der Waals surface area (Å²) in [5, 5.41) is 5.46. The molecule has 0 saturated carbocycles.